The van der Waals surface area contributed by atoms with Crippen molar-refractivity contribution in [3.05, 3.63) is 168 Å². The zero-order chi connectivity index (χ0) is 26.7. The Morgan fingerprint density at radius 2 is 1.02 bits per heavy atom. The van der Waals surface area contributed by atoms with Crippen LogP contribution >= 0.6 is 11.3 Å². The lowest BCUT2D eigenvalue weighted by molar-refractivity contribution is 1.30. The van der Waals surface area contributed by atoms with E-state index >= 15 is 0 Å². The molecule has 0 fully saturated rings. The molecule has 0 spiro atoms. The molecular weight excluding hydrogens is 500 g/mol. The van der Waals surface area contributed by atoms with E-state index in [9.17, 15) is 0 Å². The second-order valence-corrected chi connectivity index (χ2v) is 11.3. The zero-order valence-corrected chi connectivity index (χ0v) is 22.9. The number of benzene rings is 6. The topological polar surface area (TPSA) is 0 Å². The Hall–Kier alpha value is -4.72. The summed E-state index contributed by atoms with van der Waals surface area (Å²) in [6.07, 6.45) is 3.22. The van der Waals surface area contributed by atoms with Crippen molar-refractivity contribution in [2.45, 2.75) is 6.42 Å². The average Bonchev–Trinajstić information content (AvgIpc) is 3.40. The fraction of sp³-hybridized carbons (Fsp3) is 0.0256. The molecule has 0 saturated carbocycles. The fourth-order valence-corrected chi connectivity index (χ4v) is 6.54. The standard InChI is InChI=1S/C39H28S/c1-3-9-30(10-4-1)32-18-15-28(16-19-32)25-35(34-22-20-33(21-23-34)31-11-5-2-6-12-31)26-29-17-24-39-37(27-29)36-13-7-8-14-38(36)40-39/h1-25,27H,26H2/b35-25-. The van der Waals surface area contributed by atoms with Crippen molar-refractivity contribution in [2.75, 3.05) is 0 Å². The number of allylic oxidation sites excluding steroid dienone is 1. The van der Waals surface area contributed by atoms with Crippen molar-refractivity contribution in [2.24, 2.45) is 0 Å². The van der Waals surface area contributed by atoms with Crippen molar-refractivity contribution in [1.82, 2.24) is 0 Å². The highest BCUT2D eigenvalue weighted by molar-refractivity contribution is 7.25. The predicted octanol–water partition coefficient (Wildman–Crippen LogP) is 11.2. The summed E-state index contributed by atoms with van der Waals surface area (Å²) < 4.78 is 2.69. The van der Waals surface area contributed by atoms with Gasteiger partial charge in [0.2, 0.25) is 0 Å². The second-order valence-electron chi connectivity index (χ2n) is 10.2. The van der Waals surface area contributed by atoms with E-state index in [0.717, 1.165) is 6.42 Å². The number of thiophene rings is 1. The van der Waals surface area contributed by atoms with Crippen molar-refractivity contribution >= 4 is 43.2 Å². The number of hydrogen-bond acceptors (Lipinski definition) is 1. The smallest absolute Gasteiger partial charge is 0.0355 e. The molecule has 0 amide bonds. The quantitative estimate of drug-likeness (QED) is 0.188. The molecule has 0 N–H and O–H groups in total. The molecule has 0 aliphatic rings. The molecule has 0 bridgehead atoms. The summed E-state index contributed by atoms with van der Waals surface area (Å²) in [4.78, 5) is 0. The molecule has 0 atom stereocenters. The molecule has 190 valence electrons. The maximum atomic E-state index is 2.39. The Morgan fingerprint density at radius 1 is 0.475 bits per heavy atom. The molecule has 6 aromatic carbocycles. The van der Waals surface area contributed by atoms with Crippen molar-refractivity contribution in [3.63, 3.8) is 0 Å². The summed E-state index contributed by atoms with van der Waals surface area (Å²) in [5.74, 6) is 0. The maximum Gasteiger partial charge on any atom is 0.0355 e. The van der Waals surface area contributed by atoms with Crippen LogP contribution in [0.4, 0.5) is 0 Å². The van der Waals surface area contributed by atoms with Crippen molar-refractivity contribution < 1.29 is 0 Å². The summed E-state index contributed by atoms with van der Waals surface area (Å²) in [6.45, 7) is 0. The third kappa shape index (κ3) is 5.00. The van der Waals surface area contributed by atoms with Crippen LogP contribution < -0.4 is 0 Å². The number of fused-ring (bicyclic) bond motifs is 3. The minimum absolute atomic E-state index is 0.866. The van der Waals surface area contributed by atoms with E-state index in [0.29, 0.717) is 0 Å². The Bertz CT molecular complexity index is 1920. The Balaban J connectivity index is 1.27. The van der Waals surface area contributed by atoms with E-state index in [4.69, 9.17) is 0 Å². The monoisotopic (exact) mass is 528 g/mol. The summed E-state index contributed by atoms with van der Waals surface area (Å²) in [5.41, 5.74) is 10.1. The lowest BCUT2D eigenvalue weighted by Crippen LogP contribution is -1.92. The largest absolute Gasteiger partial charge is 0.135 e. The first-order chi connectivity index (χ1) is 19.8. The minimum atomic E-state index is 0.866. The first kappa shape index (κ1) is 24.3. The van der Waals surface area contributed by atoms with Gasteiger partial charge in [0.25, 0.3) is 0 Å². The van der Waals surface area contributed by atoms with Gasteiger partial charge in [0.1, 0.15) is 0 Å². The molecular formula is C39H28S. The van der Waals surface area contributed by atoms with Gasteiger partial charge in [0.05, 0.1) is 0 Å². The highest BCUT2D eigenvalue weighted by Gasteiger charge is 2.10. The Labute approximate surface area is 239 Å². The van der Waals surface area contributed by atoms with Gasteiger partial charge in [0.15, 0.2) is 0 Å². The van der Waals surface area contributed by atoms with Gasteiger partial charge >= 0.3 is 0 Å². The van der Waals surface area contributed by atoms with Crippen LogP contribution in [0.1, 0.15) is 16.7 Å². The molecule has 0 saturated heterocycles. The molecule has 1 heteroatoms. The van der Waals surface area contributed by atoms with Crippen LogP contribution in [0.2, 0.25) is 0 Å². The first-order valence-corrected chi connectivity index (χ1v) is 14.5. The third-order valence-electron chi connectivity index (χ3n) is 7.56. The average molecular weight is 529 g/mol. The minimum Gasteiger partial charge on any atom is -0.135 e. The SMILES string of the molecule is C(=C(\Cc1ccc2sc3ccccc3c2c1)c1ccc(-c2ccccc2)cc1)/c1ccc(-c2ccccc2)cc1. The van der Waals surface area contributed by atoms with Gasteiger partial charge in [0, 0.05) is 20.2 Å². The van der Waals surface area contributed by atoms with E-state index in [1.54, 1.807) is 0 Å². The zero-order valence-electron chi connectivity index (χ0n) is 22.1. The van der Waals surface area contributed by atoms with Gasteiger partial charge in [-0.3, -0.25) is 0 Å². The van der Waals surface area contributed by atoms with Gasteiger partial charge < -0.3 is 0 Å². The number of hydrogen-bond donors (Lipinski definition) is 0. The van der Waals surface area contributed by atoms with Gasteiger partial charge in [-0.15, -0.1) is 11.3 Å². The number of rotatable bonds is 6. The first-order valence-electron chi connectivity index (χ1n) is 13.7. The van der Waals surface area contributed by atoms with Crippen LogP contribution in [0.3, 0.4) is 0 Å². The van der Waals surface area contributed by atoms with Crippen LogP contribution in [0.15, 0.2) is 152 Å². The van der Waals surface area contributed by atoms with Gasteiger partial charge in [-0.05, 0) is 69.1 Å². The Kier molecular flexibility index (Phi) is 6.57. The van der Waals surface area contributed by atoms with Crippen molar-refractivity contribution in [3.8, 4) is 22.3 Å². The highest BCUT2D eigenvalue weighted by Crippen LogP contribution is 2.35. The van der Waals surface area contributed by atoms with Crippen LogP contribution in [0.25, 0.3) is 54.1 Å². The van der Waals surface area contributed by atoms with E-state index < -0.39 is 0 Å². The molecule has 0 radical (unpaired) electrons. The lowest BCUT2D eigenvalue weighted by Gasteiger charge is -2.11. The second kappa shape index (κ2) is 10.8. The summed E-state index contributed by atoms with van der Waals surface area (Å²) in [6, 6.07) is 54.8. The van der Waals surface area contributed by atoms with Crippen LogP contribution in [-0.4, -0.2) is 0 Å². The van der Waals surface area contributed by atoms with E-state index in [1.807, 2.05) is 11.3 Å². The molecule has 40 heavy (non-hydrogen) atoms. The molecule has 0 aliphatic carbocycles. The Morgan fingerprint density at radius 3 is 1.70 bits per heavy atom. The van der Waals surface area contributed by atoms with Gasteiger partial charge in [-0.2, -0.15) is 0 Å². The molecule has 7 rings (SSSR count). The fourth-order valence-electron chi connectivity index (χ4n) is 5.45. The molecule has 7 aromatic rings. The normalized spacial score (nSPS) is 11.8. The maximum absolute atomic E-state index is 2.39. The molecule has 0 nitrogen and oxygen atoms in total. The van der Waals surface area contributed by atoms with Gasteiger partial charge in [-0.1, -0.05) is 140 Å². The van der Waals surface area contributed by atoms with Crippen LogP contribution in [0.5, 0.6) is 0 Å². The summed E-state index contributed by atoms with van der Waals surface area (Å²) in [5, 5.41) is 2.70. The molecule has 0 unspecified atom stereocenters. The predicted molar refractivity (Wildman–Crippen MR) is 175 cm³/mol. The van der Waals surface area contributed by atoms with E-state index in [1.165, 1.54) is 64.7 Å². The molecule has 0 aliphatic heterocycles. The van der Waals surface area contributed by atoms with Gasteiger partial charge in [-0.25, -0.2) is 0 Å². The summed E-state index contributed by atoms with van der Waals surface area (Å²) >= 11 is 1.87. The summed E-state index contributed by atoms with van der Waals surface area (Å²) in [7, 11) is 0. The van der Waals surface area contributed by atoms with E-state index in [2.05, 4.69) is 158 Å². The highest BCUT2D eigenvalue weighted by atomic mass is 32.1. The lowest BCUT2D eigenvalue weighted by atomic mass is 9.93. The molecule has 1 aromatic heterocycles. The van der Waals surface area contributed by atoms with E-state index in [-0.39, 0.29) is 0 Å². The molecule has 1 heterocycles. The van der Waals surface area contributed by atoms with Crippen LogP contribution in [0, 0.1) is 0 Å². The third-order valence-corrected chi connectivity index (χ3v) is 8.71. The van der Waals surface area contributed by atoms with Crippen molar-refractivity contribution in [1.29, 1.82) is 0 Å². The van der Waals surface area contributed by atoms with Crippen LogP contribution in [-0.2, 0) is 6.42 Å².